The van der Waals surface area contributed by atoms with Crippen LogP contribution in [0.5, 0.6) is 0 Å². The van der Waals surface area contributed by atoms with Crippen molar-refractivity contribution in [3.05, 3.63) is 96.1 Å². The predicted octanol–water partition coefficient (Wildman–Crippen LogP) is 5.14. The van der Waals surface area contributed by atoms with E-state index in [1.54, 1.807) is 14.2 Å². The average Bonchev–Trinajstić information content (AvgIpc) is 2.72. The topological polar surface area (TPSA) is 43.2 Å². The minimum Gasteiger partial charge on any atom is -0.481 e. The molecule has 0 N–H and O–H groups in total. The van der Waals surface area contributed by atoms with E-state index < -0.39 is 0 Å². The second-order valence-electron chi connectivity index (χ2n) is 5.49. The van der Waals surface area contributed by atoms with Gasteiger partial charge >= 0.3 is 0 Å². The van der Waals surface area contributed by atoms with E-state index in [0.29, 0.717) is 11.8 Å². The van der Waals surface area contributed by atoms with Gasteiger partial charge in [0, 0.05) is 11.1 Å². The maximum absolute atomic E-state index is 5.45. The van der Waals surface area contributed by atoms with Crippen LogP contribution in [0.3, 0.4) is 0 Å². The number of ether oxygens (including phenoxy) is 2. The molecule has 3 rings (SSSR count). The maximum atomic E-state index is 5.45. The summed E-state index contributed by atoms with van der Waals surface area (Å²) in [6, 6.07) is 27.2. The van der Waals surface area contributed by atoms with E-state index in [4.69, 9.17) is 9.47 Å². The Morgan fingerprint density at radius 3 is 1.19 bits per heavy atom. The highest BCUT2D eigenvalue weighted by Gasteiger charge is 2.08. The van der Waals surface area contributed by atoms with Gasteiger partial charge in [-0.05, 0) is 48.5 Å². The molecule has 0 aromatic heterocycles. The first kappa shape index (κ1) is 17.4. The summed E-state index contributed by atoms with van der Waals surface area (Å²) in [6.07, 6.45) is 0. The Bertz CT molecular complexity index is 810. The van der Waals surface area contributed by atoms with Crippen molar-refractivity contribution in [1.82, 2.24) is 0 Å². The van der Waals surface area contributed by atoms with Crippen LogP contribution in [0.1, 0.15) is 11.1 Å². The highest BCUT2D eigenvalue weighted by atomic mass is 16.5. The van der Waals surface area contributed by atoms with Crippen LogP contribution >= 0.6 is 0 Å². The number of rotatable bonds is 4. The molecule has 26 heavy (non-hydrogen) atoms. The van der Waals surface area contributed by atoms with E-state index >= 15 is 0 Å². The van der Waals surface area contributed by atoms with Gasteiger partial charge < -0.3 is 9.47 Å². The van der Waals surface area contributed by atoms with Crippen LogP contribution in [0.4, 0.5) is 11.4 Å². The molecule has 0 amide bonds. The highest BCUT2D eigenvalue weighted by molar-refractivity contribution is 5.99. The van der Waals surface area contributed by atoms with Crippen LogP contribution in [0.15, 0.2) is 94.9 Å². The van der Waals surface area contributed by atoms with Crippen LogP contribution in [0, 0.1) is 0 Å². The molecule has 0 aliphatic rings. The normalized spacial score (nSPS) is 11.9. The van der Waals surface area contributed by atoms with Gasteiger partial charge in [-0.15, -0.1) is 0 Å². The summed E-state index contributed by atoms with van der Waals surface area (Å²) in [5.74, 6) is 1.11. The van der Waals surface area contributed by atoms with Crippen LogP contribution in [-0.4, -0.2) is 26.0 Å². The summed E-state index contributed by atoms with van der Waals surface area (Å²) in [4.78, 5) is 9.09. The first-order chi connectivity index (χ1) is 12.8. The molecule has 0 spiro atoms. The molecule has 0 aliphatic heterocycles. The second kappa shape index (κ2) is 8.62. The van der Waals surface area contributed by atoms with Crippen molar-refractivity contribution in [3.63, 3.8) is 0 Å². The number of nitrogens with zero attached hydrogens (tertiary/aromatic N) is 2. The van der Waals surface area contributed by atoms with E-state index in [9.17, 15) is 0 Å². The van der Waals surface area contributed by atoms with Gasteiger partial charge in [0.15, 0.2) is 0 Å². The molecule has 4 heteroatoms. The Kier molecular flexibility index (Phi) is 5.78. The van der Waals surface area contributed by atoms with Gasteiger partial charge in [-0.25, -0.2) is 9.98 Å². The van der Waals surface area contributed by atoms with Gasteiger partial charge in [0.05, 0.1) is 25.6 Å². The SMILES string of the molecule is CO/C(=N\c1ccccc1)c1ccc(/C(=N/c2ccccc2)OC)cc1. The molecule has 0 saturated heterocycles. The van der Waals surface area contributed by atoms with Gasteiger partial charge in [-0.3, -0.25) is 0 Å². The maximum Gasteiger partial charge on any atom is 0.220 e. The van der Waals surface area contributed by atoms with E-state index in [-0.39, 0.29) is 0 Å². The zero-order valence-electron chi connectivity index (χ0n) is 14.8. The van der Waals surface area contributed by atoms with E-state index in [0.717, 1.165) is 22.5 Å². The minimum absolute atomic E-state index is 0.557. The fourth-order valence-electron chi connectivity index (χ4n) is 2.45. The summed E-state index contributed by atoms with van der Waals surface area (Å²) in [5, 5.41) is 0. The Morgan fingerprint density at radius 2 is 0.885 bits per heavy atom. The molecule has 0 radical (unpaired) electrons. The molecule has 4 nitrogen and oxygen atoms in total. The molecule has 0 atom stereocenters. The lowest BCUT2D eigenvalue weighted by Gasteiger charge is -2.08. The first-order valence-corrected chi connectivity index (χ1v) is 8.26. The number of methoxy groups -OCH3 is 2. The zero-order chi connectivity index (χ0) is 18.2. The van der Waals surface area contributed by atoms with Crippen molar-refractivity contribution >= 4 is 23.2 Å². The molecule has 0 aliphatic carbocycles. The third-order valence-corrected chi connectivity index (χ3v) is 3.74. The van der Waals surface area contributed by atoms with Crippen molar-refractivity contribution in [2.24, 2.45) is 9.98 Å². The Hall–Kier alpha value is -3.40. The number of para-hydroxylation sites is 2. The predicted molar refractivity (Wildman–Crippen MR) is 106 cm³/mol. The van der Waals surface area contributed by atoms with Crippen molar-refractivity contribution in [3.8, 4) is 0 Å². The molecule has 0 saturated carbocycles. The van der Waals surface area contributed by atoms with E-state index in [1.807, 2.05) is 84.9 Å². The first-order valence-electron chi connectivity index (χ1n) is 8.26. The van der Waals surface area contributed by atoms with E-state index in [1.165, 1.54) is 0 Å². The molecule has 3 aromatic carbocycles. The molecule has 3 aromatic rings. The second-order valence-corrected chi connectivity index (χ2v) is 5.49. The number of hydrogen-bond donors (Lipinski definition) is 0. The zero-order valence-corrected chi connectivity index (χ0v) is 14.8. The number of aliphatic imine (C=N–C) groups is 2. The Balaban J connectivity index is 1.87. The average molecular weight is 344 g/mol. The molecule has 0 bridgehead atoms. The summed E-state index contributed by atoms with van der Waals surface area (Å²) < 4.78 is 10.9. The molecule has 130 valence electrons. The van der Waals surface area contributed by atoms with Crippen LogP contribution in [-0.2, 0) is 9.47 Å². The lowest BCUT2D eigenvalue weighted by molar-refractivity contribution is 0.404. The quantitative estimate of drug-likeness (QED) is 0.486. The van der Waals surface area contributed by atoms with Crippen LogP contribution < -0.4 is 0 Å². The van der Waals surface area contributed by atoms with Crippen LogP contribution in [0.2, 0.25) is 0 Å². The molecular formula is C22H20N2O2. The third kappa shape index (κ3) is 4.36. The highest BCUT2D eigenvalue weighted by Crippen LogP contribution is 2.17. The molecule has 0 heterocycles. The van der Waals surface area contributed by atoms with Crippen molar-refractivity contribution < 1.29 is 9.47 Å². The van der Waals surface area contributed by atoms with Gasteiger partial charge in [0.2, 0.25) is 11.8 Å². The number of hydrogen-bond acceptors (Lipinski definition) is 4. The van der Waals surface area contributed by atoms with E-state index in [2.05, 4.69) is 9.98 Å². The molecular weight excluding hydrogens is 324 g/mol. The fourth-order valence-corrected chi connectivity index (χ4v) is 2.45. The van der Waals surface area contributed by atoms with Crippen LogP contribution in [0.25, 0.3) is 0 Å². The Labute approximate surface area is 153 Å². The number of benzene rings is 3. The van der Waals surface area contributed by atoms with Crippen molar-refractivity contribution in [1.29, 1.82) is 0 Å². The summed E-state index contributed by atoms with van der Waals surface area (Å²) in [6.45, 7) is 0. The molecule has 0 fully saturated rings. The Morgan fingerprint density at radius 1 is 0.538 bits per heavy atom. The summed E-state index contributed by atoms with van der Waals surface area (Å²) in [5.41, 5.74) is 3.46. The van der Waals surface area contributed by atoms with Gasteiger partial charge in [-0.1, -0.05) is 36.4 Å². The van der Waals surface area contributed by atoms with Gasteiger partial charge in [-0.2, -0.15) is 0 Å². The standard InChI is InChI=1S/C22H20N2O2/c1-25-21(23-19-9-5-3-6-10-19)17-13-15-18(16-14-17)22(26-2)24-20-11-7-4-8-12-20/h3-16H,1-2H3/b23-21-,24-22-. The smallest absolute Gasteiger partial charge is 0.220 e. The molecule has 0 unspecified atom stereocenters. The third-order valence-electron chi connectivity index (χ3n) is 3.74. The van der Waals surface area contributed by atoms with Crippen molar-refractivity contribution in [2.75, 3.05) is 14.2 Å². The van der Waals surface area contributed by atoms with Gasteiger partial charge in [0.25, 0.3) is 0 Å². The monoisotopic (exact) mass is 344 g/mol. The van der Waals surface area contributed by atoms with Gasteiger partial charge in [0.1, 0.15) is 0 Å². The summed E-state index contributed by atoms with van der Waals surface area (Å²) >= 11 is 0. The lowest BCUT2D eigenvalue weighted by Crippen LogP contribution is -2.06. The lowest BCUT2D eigenvalue weighted by atomic mass is 10.1. The summed E-state index contributed by atoms with van der Waals surface area (Å²) in [7, 11) is 3.24. The fraction of sp³-hybridized carbons (Fsp3) is 0.0909. The largest absolute Gasteiger partial charge is 0.481 e. The minimum atomic E-state index is 0.557. The van der Waals surface area contributed by atoms with Crippen molar-refractivity contribution in [2.45, 2.75) is 0 Å².